The average Bonchev–Trinajstić information content (AvgIpc) is 2.53. The highest BCUT2D eigenvalue weighted by Gasteiger charge is 2.17. The summed E-state index contributed by atoms with van der Waals surface area (Å²) in [7, 11) is 0. The summed E-state index contributed by atoms with van der Waals surface area (Å²) in [4.78, 5) is 10.7. The highest BCUT2D eigenvalue weighted by molar-refractivity contribution is 14.1. The van der Waals surface area contributed by atoms with Crippen molar-refractivity contribution in [3.8, 4) is 0 Å². The van der Waals surface area contributed by atoms with Gasteiger partial charge in [0.25, 0.3) is 0 Å². The maximum Gasteiger partial charge on any atom is 0.509 e. The maximum absolute atomic E-state index is 10.7. The fraction of sp³-hybridized carbons (Fsp3) is 0.857. The Hall–Kier alpha value is -0.0400. The number of ether oxygens (including phenoxy) is 3. The van der Waals surface area contributed by atoms with Crippen LogP contribution in [-0.2, 0) is 14.2 Å². The predicted molar refractivity (Wildman–Crippen MR) is 50.3 cm³/mol. The molecule has 1 aliphatic heterocycles. The molecule has 0 saturated carbocycles. The van der Waals surface area contributed by atoms with Crippen LogP contribution in [0, 0.1) is 0 Å². The fourth-order valence-electron chi connectivity index (χ4n) is 1.02. The molecule has 1 atom stereocenters. The van der Waals surface area contributed by atoms with Crippen LogP contribution in [0.3, 0.4) is 0 Å². The molecule has 1 saturated heterocycles. The first-order chi connectivity index (χ1) is 5.83. The van der Waals surface area contributed by atoms with Crippen LogP contribution in [0.2, 0.25) is 0 Å². The first-order valence-electron chi connectivity index (χ1n) is 3.80. The molecule has 0 amide bonds. The maximum atomic E-state index is 10.7. The number of carbonyl (C=O) groups is 1. The second-order valence-corrected chi connectivity index (χ2v) is 3.07. The lowest BCUT2D eigenvalue weighted by Gasteiger charge is -2.08. The van der Waals surface area contributed by atoms with Gasteiger partial charge in [0.1, 0.15) is 11.2 Å². The van der Waals surface area contributed by atoms with Crippen molar-refractivity contribution in [2.75, 3.05) is 17.8 Å². The molecule has 12 heavy (non-hydrogen) atoms. The van der Waals surface area contributed by atoms with E-state index in [1.165, 1.54) is 0 Å². The zero-order valence-electron chi connectivity index (χ0n) is 6.62. The largest absolute Gasteiger partial charge is 0.509 e. The minimum Gasteiger partial charge on any atom is -0.432 e. The summed E-state index contributed by atoms with van der Waals surface area (Å²) in [6.07, 6.45) is 1.49. The molecule has 0 bridgehead atoms. The molecule has 0 spiro atoms. The standard InChI is InChI=1S/C7H11IO4/c8-5-12-7(9)11-4-6-2-1-3-10-6/h6H,1-5H2. The van der Waals surface area contributed by atoms with Crippen LogP contribution in [-0.4, -0.2) is 30.1 Å². The van der Waals surface area contributed by atoms with E-state index in [1.54, 1.807) is 0 Å². The summed E-state index contributed by atoms with van der Waals surface area (Å²) < 4.78 is 14.9. The normalized spacial score (nSPS) is 22.2. The minimum absolute atomic E-state index is 0.0757. The summed E-state index contributed by atoms with van der Waals surface area (Å²) in [6, 6.07) is 0. The van der Waals surface area contributed by atoms with E-state index in [1.807, 2.05) is 22.6 Å². The number of halogens is 1. The molecule has 1 heterocycles. The van der Waals surface area contributed by atoms with Crippen molar-refractivity contribution < 1.29 is 19.0 Å². The molecule has 0 aliphatic carbocycles. The zero-order chi connectivity index (χ0) is 8.81. The van der Waals surface area contributed by atoms with Crippen molar-refractivity contribution >= 4 is 28.7 Å². The van der Waals surface area contributed by atoms with Gasteiger partial charge in [-0.1, -0.05) is 0 Å². The van der Waals surface area contributed by atoms with E-state index in [0.717, 1.165) is 19.4 Å². The van der Waals surface area contributed by atoms with E-state index >= 15 is 0 Å². The van der Waals surface area contributed by atoms with Crippen LogP contribution in [0.25, 0.3) is 0 Å². The first kappa shape index (κ1) is 10.0. The van der Waals surface area contributed by atoms with Gasteiger partial charge in [-0.05, 0) is 35.4 Å². The Morgan fingerprint density at radius 3 is 3.00 bits per heavy atom. The molecular formula is C7H11IO4. The van der Waals surface area contributed by atoms with Crippen molar-refractivity contribution in [3.63, 3.8) is 0 Å². The Morgan fingerprint density at radius 2 is 2.42 bits per heavy atom. The van der Waals surface area contributed by atoms with Gasteiger partial charge in [-0.2, -0.15) is 0 Å². The lowest BCUT2D eigenvalue weighted by molar-refractivity contribution is 0.0153. The summed E-state index contributed by atoms with van der Waals surface area (Å²) in [5.74, 6) is 0. The van der Waals surface area contributed by atoms with Gasteiger partial charge in [-0.3, -0.25) is 0 Å². The van der Waals surface area contributed by atoms with Crippen LogP contribution in [0.4, 0.5) is 4.79 Å². The SMILES string of the molecule is O=C(OCI)OCC1CCCO1. The van der Waals surface area contributed by atoms with Gasteiger partial charge in [0.05, 0.1) is 6.10 Å². The van der Waals surface area contributed by atoms with Crippen LogP contribution in [0.15, 0.2) is 0 Å². The smallest absolute Gasteiger partial charge is 0.432 e. The third-order valence-corrected chi connectivity index (χ3v) is 1.89. The molecule has 1 rings (SSSR count). The van der Waals surface area contributed by atoms with Gasteiger partial charge >= 0.3 is 6.16 Å². The summed E-state index contributed by atoms with van der Waals surface area (Å²) in [5, 5.41) is 0. The molecule has 1 fully saturated rings. The van der Waals surface area contributed by atoms with Crippen molar-refractivity contribution in [3.05, 3.63) is 0 Å². The quantitative estimate of drug-likeness (QED) is 0.450. The van der Waals surface area contributed by atoms with Crippen LogP contribution in [0.5, 0.6) is 0 Å². The highest BCUT2D eigenvalue weighted by atomic mass is 127. The molecule has 0 radical (unpaired) electrons. The van der Waals surface area contributed by atoms with Crippen molar-refractivity contribution in [1.82, 2.24) is 0 Å². The fourth-order valence-corrected chi connectivity index (χ4v) is 1.28. The molecular weight excluding hydrogens is 275 g/mol. The third kappa shape index (κ3) is 3.57. The van der Waals surface area contributed by atoms with Crippen LogP contribution >= 0.6 is 22.6 Å². The van der Waals surface area contributed by atoms with E-state index in [-0.39, 0.29) is 6.10 Å². The van der Waals surface area contributed by atoms with Crippen LogP contribution in [0.1, 0.15) is 12.8 Å². The number of hydrogen-bond donors (Lipinski definition) is 0. The summed E-state index contributed by atoms with van der Waals surface area (Å²) >= 11 is 1.94. The topological polar surface area (TPSA) is 44.8 Å². The molecule has 0 aromatic rings. The lowest BCUT2D eigenvalue weighted by atomic mass is 10.2. The minimum atomic E-state index is -0.611. The van der Waals surface area contributed by atoms with E-state index in [2.05, 4.69) is 4.74 Å². The average molecular weight is 286 g/mol. The first-order valence-corrected chi connectivity index (χ1v) is 5.32. The molecule has 1 unspecified atom stereocenters. The summed E-state index contributed by atoms with van der Waals surface area (Å²) in [5.41, 5.74) is 0. The Bertz CT molecular complexity index is 144. The third-order valence-electron chi connectivity index (χ3n) is 1.58. The van der Waals surface area contributed by atoms with E-state index < -0.39 is 6.16 Å². The Labute approximate surface area is 84.7 Å². The van der Waals surface area contributed by atoms with Gasteiger partial charge < -0.3 is 14.2 Å². The van der Waals surface area contributed by atoms with Crippen molar-refractivity contribution in [2.24, 2.45) is 0 Å². The lowest BCUT2D eigenvalue weighted by Crippen LogP contribution is -2.18. The van der Waals surface area contributed by atoms with Crippen molar-refractivity contribution in [1.29, 1.82) is 0 Å². The predicted octanol–water partition coefficient (Wildman–Crippen LogP) is 1.71. The second-order valence-electron chi connectivity index (χ2n) is 2.45. The molecule has 1 aliphatic rings. The molecule has 4 nitrogen and oxygen atoms in total. The Kier molecular flexibility index (Phi) is 4.67. The number of rotatable bonds is 3. The van der Waals surface area contributed by atoms with Gasteiger partial charge in [-0.15, -0.1) is 0 Å². The van der Waals surface area contributed by atoms with E-state index in [9.17, 15) is 4.79 Å². The summed E-state index contributed by atoms with van der Waals surface area (Å²) in [6.45, 7) is 1.09. The molecule has 0 aromatic carbocycles. The zero-order valence-corrected chi connectivity index (χ0v) is 8.78. The number of hydrogen-bond acceptors (Lipinski definition) is 4. The van der Waals surface area contributed by atoms with Gasteiger partial charge in [0.2, 0.25) is 0 Å². The molecule has 0 N–H and O–H groups in total. The molecule has 0 aromatic heterocycles. The molecule has 70 valence electrons. The number of carbonyl (C=O) groups excluding carboxylic acids is 1. The second kappa shape index (κ2) is 5.58. The van der Waals surface area contributed by atoms with Gasteiger partial charge in [-0.25, -0.2) is 4.79 Å². The Balaban J connectivity index is 2.03. The van der Waals surface area contributed by atoms with E-state index in [0.29, 0.717) is 11.2 Å². The van der Waals surface area contributed by atoms with Gasteiger partial charge in [0.15, 0.2) is 0 Å². The number of alkyl halides is 1. The highest BCUT2D eigenvalue weighted by Crippen LogP contribution is 2.12. The molecule has 5 heteroatoms. The van der Waals surface area contributed by atoms with Crippen LogP contribution < -0.4 is 0 Å². The van der Waals surface area contributed by atoms with Gasteiger partial charge in [0, 0.05) is 6.61 Å². The van der Waals surface area contributed by atoms with Crippen molar-refractivity contribution in [2.45, 2.75) is 18.9 Å². The van der Waals surface area contributed by atoms with E-state index in [4.69, 9.17) is 9.47 Å². The monoisotopic (exact) mass is 286 g/mol. The Morgan fingerprint density at radius 1 is 1.58 bits per heavy atom.